The van der Waals surface area contributed by atoms with Crippen molar-refractivity contribution in [2.24, 2.45) is 0 Å². The SMILES string of the molecule is C=C/C=C(\C=C/NCCCC(=C)C)/C=C/c1c(C)cc(OC)cc1O. The van der Waals surface area contributed by atoms with Crippen LogP contribution in [0, 0.1) is 6.92 Å². The summed E-state index contributed by atoms with van der Waals surface area (Å²) in [5.74, 6) is 0.848. The lowest BCUT2D eigenvalue weighted by atomic mass is 10.0. The molecular weight excluding hydrogens is 310 g/mol. The van der Waals surface area contributed by atoms with Gasteiger partial charge in [0.1, 0.15) is 11.5 Å². The Hall–Kier alpha value is -2.68. The smallest absolute Gasteiger partial charge is 0.126 e. The van der Waals surface area contributed by atoms with Gasteiger partial charge in [-0.3, -0.25) is 0 Å². The molecule has 0 unspecified atom stereocenters. The van der Waals surface area contributed by atoms with Crippen molar-refractivity contribution in [3.63, 3.8) is 0 Å². The number of aromatic hydroxyl groups is 1. The highest BCUT2D eigenvalue weighted by Crippen LogP contribution is 2.28. The predicted molar refractivity (Wildman–Crippen MR) is 108 cm³/mol. The van der Waals surface area contributed by atoms with Gasteiger partial charge in [-0.1, -0.05) is 36.5 Å². The van der Waals surface area contributed by atoms with Gasteiger partial charge in [-0.15, -0.1) is 6.58 Å². The fraction of sp³-hybridized carbons (Fsp3) is 0.273. The molecule has 1 rings (SSSR count). The molecule has 134 valence electrons. The van der Waals surface area contributed by atoms with Crippen LogP contribution in [0.3, 0.4) is 0 Å². The van der Waals surface area contributed by atoms with Crippen molar-refractivity contribution in [3.8, 4) is 11.5 Å². The van der Waals surface area contributed by atoms with Crippen LogP contribution in [0.2, 0.25) is 0 Å². The third-order valence-corrected chi connectivity index (χ3v) is 3.65. The fourth-order valence-electron chi connectivity index (χ4n) is 2.30. The number of nitrogens with one attached hydrogen (secondary N) is 1. The number of hydrogen-bond acceptors (Lipinski definition) is 3. The first kappa shape index (κ1) is 20.4. The molecule has 0 saturated carbocycles. The summed E-state index contributed by atoms with van der Waals surface area (Å²) in [6, 6.07) is 3.51. The van der Waals surface area contributed by atoms with Gasteiger partial charge in [-0.2, -0.15) is 0 Å². The van der Waals surface area contributed by atoms with Gasteiger partial charge in [0.05, 0.1) is 7.11 Å². The van der Waals surface area contributed by atoms with E-state index in [0.717, 1.165) is 36.1 Å². The van der Waals surface area contributed by atoms with Crippen molar-refractivity contribution in [2.45, 2.75) is 26.7 Å². The second kappa shape index (κ2) is 11.0. The van der Waals surface area contributed by atoms with Crippen LogP contribution in [0.4, 0.5) is 0 Å². The molecule has 0 fully saturated rings. The molecule has 0 radical (unpaired) electrons. The number of benzene rings is 1. The minimum atomic E-state index is 0.202. The summed E-state index contributed by atoms with van der Waals surface area (Å²) in [5.41, 5.74) is 3.92. The lowest BCUT2D eigenvalue weighted by molar-refractivity contribution is 0.407. The Labute approximate surface area is 151 Å². The van der Waals surface area contributed by atoms with Crippen molar-refractivity contribution < 1.29 is 9.84 Å². The Morgan fingerprint density at radius 1 is 1.32 bits per heavy atom. The molecule has 2 N–H and O–H groups in total. The summed E-state index contributed by atoms with van der Waals surface area (Å²) in [4.78, 5) is 0. The molecule has 0 amide bonds. The van der Waals surface area contributed by atoms with E-state index in [1.807, 2.05) is 50.4 Å². The van der Waals surface area contributed by atoms with Gasteiger partial charge in [0, 0.05) is 18.2 Å². The van der Waals surface area contributed by atoms with Crippen LogP contribution in [0.1, 0.15) is 30.9 Å². The van der Waals surface area contributed by atoms with Crippen molar-refractivity contribution in [3.05, 3.63) is 78.1 Å². The third kappa shape index (κ3) is 7.62. The Kier molecular flexibility index (Phi) is 8.94. The number of phenolic OH excluding ortho intramolecular Hbond substituents is 1. The van der Waals surface area contributed by atoms with Gasteiger partial charge in [-0.25, -0.2) is 0 Å². The van der Waals surface area contributed by atoms with Crippen molar-refractivity contribution in [1.82, 2.24) is 5.32 Å². The highest BCUT2D eigenvalue weighted by Gasteiger charge is 2.04. The van der Waals surface area contributed by atoms with Crippen molar-refractivity contribution in [2.75, 3.05) is 13.7 Å². The Morgan fingerprint density at radius 2 is 2.08 bits per heavy atom. The molecule has 0 atom stereocenters. The van der Waals surface area contributed by atoms with Crippen LogP contribution >= 0.6 is 0 Å². The number of hydrogen-bond donors (Lipinski definition) is 2. The minimum absolute atomic E-state index is 0.202. The van der Waals surface area contributed by atoms with Gasteiger partial charge < -0.3 is 15.2 Å². The molecule has 0 heterocycles. The van der Waals surface area contributed by atoms with Gasteiger partial charge in [-0.05, 0) is 56.2 Å². The highest BCUT2D eigenvalue weighted by atomic mass is 16.5. The van der Waals surface area contributed by atoms with Gasteiger partial charge >= 0.3 is 0 Å². The Morgan fingerprint density at radius 3 is 2.68 bits per heavy atom. The number of ether oxygens (including phenoxy) is 1. The first-order valence-electron chi connectivity index (χ1n) is 8.40. The Bertz CT molecular complexity index is 658. The molecular formula is C22H29NO2. The third-order valence-electron chi connectivity index (χ3n) is 3.65. The maximum Gasteiger partial charge on any atom is 0.126 e. The number of aryl methyl sites for hydroxylation is 1. The topological polar surface area (TPSA) is 41.5 Å². The van der Waals surface area contributed by atoms with Crippen molar-refractivity contribution >= 4 is 6.08 Å². The first-order valence-corrected chi connectivity index (χ1v) is 8.40. The van der Waals surface area contributed by atoms with Crippen molar-refractivity contribution in [1.29, 1.82) is 0 Å². The predicted octanol–water partition coefficient (Wildman–Crippen LogP) is 5.29. The highest BCUT2D eigenvalue weighted by molar-refractivity contribution is 5.65. The summed E-state index contributed by atoms with van der Waals surface area (Å²) in [7, 11) is 1.59. The van der Waals surface area contributed by atoms with E-state index in [2.05, 4.69) is 18.5 Å². The molecule has 3 heteroatoms. The van der Waals surface area contributed by atoms with Gasteiger partial charge in [0.25, 0.3) is 0 Å². The van der Waals surface area contributed by atoms with Crippen LogP contribution in [-0.4, -0.2) is 18.8 Å². The molecule has 0 aliphatic heterocycles. The molecule has 1 aromatic carbocycles. The number of rotatable bonds is 10. The van der Waals surface area contributed by atoms with Crippen LogP contribution in [0.5, 0.6) is 11.5 Å². The maximum absolute atomic E-state index is 10.2. The summed E-state index contributed by atoms with van der Waals surface area (Å²) in [6.45, 7) is 12.5. The average Bonchev–Trinajstić information content (AvgIpc) is 2.56. The maximum atomic E-state index is 10.2. The van der Waals surface area contributed by atoms with Crippen LogP contribution in [0.15, 0.2) is 66.9 Å². The number of methoxy groups -OCH3 is 1. The van der Waals surface area contributed by atoms with E-state index in [1.165, 1.54) is 5.57 Å². The van der Waals surface area contributed by atoms with Gasteiger partial charge in [0.2, 0.25) is 0 Å². The zero-order chi connectivity index (χ0) is 18.7. The molecule has 0 saturated heterocycles. The van der Waals surface area contributed by atoms with E-state index in [9.17, 15) is 5.11 Å². The minimum Gasteiger partial charge on any atom is -0.507 e. The Balaban J connectivity index is 2.75. The van der Waals surface area contributed by atoms with E-state index in [0.29, 0.717) is 5.75 Å². The lowest BCUT2D eigenvalue weighted by Crippen LogP contribution is -2.06. The number of allylic oxidation sites excluding steroid dienone is 6. The molecule has 3 nitrogen and oxygen atoms in total. The molecule has 0 bridgehead atoms. The van der Waals surface area contributed by atoms with Crippen LogP contribution in [-0.2, 0) is 0 Å². The second-order valence-electron chi connectivity index (χ2n) is 5.96. The van der Waals surface area contributed by atoms with E-state index in [4.69, 9.17) is 4.74 Å². The summed E-state index contributed by atoms with van der Waals surface area (Å²) >= 11 is 0. The average molecular weight is 339 g/mol. The molecule has 25 heavy (non-hydrogen) atoms. The molecule has 1 aromatic rings. The summed E-state index contributed by atoms with van der Waals surface area (Å²) in [6.07, 6.45) is 13.5. The molecule has 0 aliphatic carbocycles. The zero-order valence-corrected chi connectivity index (χ0v) is 15.5. The largest absolute Gasteiger partial charge is 0.507 e. The van der Waals surface area contributed by atoms with Gasteiger partial charge in [0.15, 0.2) is 0 Å². The second-order valence-corrected chi connectivity index (χ2v) is 5.96. The normalized spacial score (nSPS) is 11.9. The summed E-state index contributed by atoms with van der Waals surface area (Å²) in [5, 5.41) is 13.4. The van der Waals surface area contributed by atoms with E-state index in [-0.39, 0.29) is 5.75 Å². The molecule has 0 aromatic heterocycles. The fourth-order valence-corrected chi connectivity index (χ4v) is 2.30. The zero-order valence-electron chi connectivity index (χ0n) is 15.5. The number of phenols is 1. The molecule has 0 spiro atoms. The lowest BCUT2D eigenvalue weighted by Gasteiger charge is -2.07. The van der Waals surface area contributed by atoms with E-state index < -0.39 is 0 Å². The summed E-state index contributed by atoms with van der Waals surface area (Å²) < 4.78 is 5.16. The molecule has 0 aliphatic rings. The standard InChI is InChI=1S/C22H29NO2/c1-6-8-19(12-14-23-13-7-9-17(2)3)10-11-21-18(4)15-20(25-5)16-22(21)24/h6,8,10-12,14-16,23-24H,1-2,7,9,13H2,3-5H3/b11-10+,14-12-,19-8-. The van der Waals surface area contributed by atoms with E-state index in [1.54, 1.807) is 19.3 Å². The monoisotopic (exact) mass is 339 g/mol. The quantitative estimate of drug-likeness (QED) is 0.345. The van der Waals surface area contributed by atoms with E-state index >= 15 is 0 Å². The van der Waals surface area contributed by atoms with Crippen LogP contribution in [0.25, 0.3) is 6.08 Å². The van der Waals surface area contributed by atoms with Crippen LogP contribution < -0.4 is 10.1 Å². The first-order chi connectivity index (χ1) is 12.0.